The number of benzene rings is 1. The standard InChI is InChI=1S/C13H17ClO3/c1-9(2)8-17-12-5-4-11(14)7-10(12)3-6-13(15)16/h4-5,7,9H,3,6,8H2,1-2H3,(H,15,16). The lowest BCUT2D eigenvalue weighted by atomic mass is 10.1. The Morgan fingerprint density at radius 1 is 1.47 bits per heavy atom. The van der Waals surface area contributed by atoms with Gasteiger partial charge in [0.15, 0.2) is 0 Å². The third-order valence-corrected chi connectivity index (χ3v) is 2.44. The molecular formula is C13H17ClO3. The first-order valence-corrected chi connectivity index (χ1v) is 6.00. The summed E-state index contributed by atoms with van der Waals surface area (Å²) in [6.07, 6.45) is 0.516. The van der Waals surface area contributed by atoms with Crippen LogP contribution < -0.4 is 4.74 Å². The van der Waals surface area contributed by atoms with Gasteiger partial charge in [-0.25, -0.2) is 0 Å². The van der Waals surface area contributed by atoms with Gasteiger partial charge < -0.3 is 9.84 Å². The molecule has 1 N–H and O–H groups in total. The number of aryl methyl sites for hydroxylation is 1. The van der Waals surface area contributed by atoms with Gasteiger partial charge in [-0.05, 0) is 36.1 Å². The van der Waals surface area contributed by atoms with Gasteiger partial charge in [-0.15, -0.1) is 0 Å². The summed E-state index contributed by atoms with van der Waals surface area (Å²) in [7, 11) is 0. The predicted molar refractivity (Wildman–Crippen MR) is 67.7 cm³/mol. The summed E-state index contributed by atoms with van der Waals surface area (Å²) in [6, 6.07) is 5.31. The lowest BCUT2D eigenvalue weighted by Crippen LogP contribution is -2.07. The Kier molecular flexibility index (Phi) is 5.29. The molecule has 0 bridgehead atoms. The molecule has 0 fully saturated rings. The fourth-order valence-electron chi connectivity index (χ4n) is 1.38. The summed E-state index contributed by atoms with van der Waals surface area (Å²) in [5, 5.41) is 9.28. The Labute approximate surface area is 106 Å². The molecule has 94 valence electrons. The van der Waals surface area contributed by atoms with Crippen molar-refractivity contribution >= 4 is 17.6 Å². The number of carboxylic acid groups (broad SMARTS) is 1. The number of ether oxygens (including phenoxy) is 1. The van der Waals surface area contributed by atoms with Gasteiger partial charge in [-0.2, -0.15) is 0 Å². The summed E-state index contributed by atoms with van der Waals surface area (Å²) in [4.78, 5) is 10.6. The number of rotatable bonds is 6. The van der Waals surface area contributed by atoms with E-state index >= 15 is 0 Å². The van der Waals surface area contributed by atoms with Crippen LogP contribution >= 0.6 is 11.6 Å². The lowest BCUT2D eigenvalue weighted by Gasteiger charge is -2.13. The average molecular weight is 257 g/mol. The number of aliphatic carboxylic acids is 1. The SMILES string of the molecule is CC(C)COc1ccc(Cl)cc1CCC(=O)O. The molecule has 0 radical (unpaired) electrons. The van der Waals surface area contributed by atoms with E-state index in [-0.39, 0.29) is 6.42 Å². The van der Waals surface area contributed by atoms with Crippen molar-refractivity contribution in [1.29, 1.82) is 0 Å². The second-order valence-electron chi connectivity index (χ2n) is 4.35. The molecule has 0 aromatic heterocycles. The molecule has 1 aromatic carbocycles. The van der Waals surface area contributed by atoms with Crippen LogP contribution in [0.3, 0.4) is 0 Å². The first-order valence-electron chi connectivity index (χ1n) is 5.62. The molecule has 0 atom stereocenters. The average Bonchev–Trinajstić information content (AvgIpc) is 2.24. The first kappa shape index (κ1) is 13.8. The van der Waals surface area contributed by atoms with Crippen LogP contribution in [0.4, 0.5) is 0 Å². The number of carboxylic acids is 1. The maximum atomic E-state index is 10.6. The van der Waals surface area contributed by atoms with E-state index in [1.165, 1.54) is 0 Å². The van der Waals surface area contributed by atoms with E-state index in [4.69, 9.17) is 21.4 Å². The number of halogens is 1. The van der Waals surface area contributed by atoms with Crippen LogP contribution in [-0.4, -0.2) is 17.7 Å². The molecule has 17 heavy (non-hydrogen) atoms. The number of carbonyl (C=O) groups is 1. The zero-order chi connectivity index (χ0) is 12.8. The van der Waals surface area contributed by atoms with E-state index in [2.05, 4.69) is 13.8 Å². The van der Waals surface area contributed by atoms with Crippen molar-refractivity contribution in [3.8, 4) is 5.75 Å². The molecule has 0 saturated heterocycles. The molecule has 0 heterocycles. The van der Waals surface area contributed by atoms with Crippen LogP contribution in [0.5, 0.6) is 5.75 Å². The molecule has 0 aliphatic carbocycles. The van der Waals surface area contributed by atoms with Crippen LogP contribution in [0.15, 0.2) is 18.2 Å². The topological polar surface area (TPSA) is 46.5 Å². The van der Waals surface area contributed by atoms with Crippen LogP contribution in [0, 0.1) is 5.92 Å². The molecule has 0 unspecified atom stereocenters. The highest BCUT2D eigenvalue weighted by Crippen LogP contribution is 2.24. The van der Waals surface area contributed by atoms with Gasteiger partial charge in [0.1, 0.15) is 5.75 Å². The fourth-order valence-corrected chi connectivity index (χ4v) is 1.58. The molecule has 1 aromatic rings. The van der Waals surface area contributed by atoms with Gasteiger partial charge >= 0.3 is 5.97 Å². The van der Waals surface area contributed by atoms with Crippen molar-refractivity contribution in [2.45, 2.75) is 26.7 Å². The Morgan fingerprint density at radius 3 is 2.76 bits per heavy atom. The fraction of sp³-hybridized carbons (Fsp3) is 0.462. The largest absolute Gasteiger partial charge is 0.493 e. The normalized spacial score (nSPS) is 10.6. The molecule has 0 saturated carbocycles. The minimum absolute atomic E-state index is 0.0817. The smallest absolute Gasteiger partial charge is 0.303 e. The van der Waals surface area contributed by atoms with Gasteiger partial charge in [0.2, 0.25) is 0 Å². The van der Waals surface area contributed by atoms with Crippen molar-refractivity contribution in [2.75, 3.05) is 6.61 Å². The zero-order valence-corrected chi connectivity index (χ0v) is 10.8. The molecule has 4 heteroatoms. The quantitative estimate of drug-likeness (QED) is 0.849. The molecule has 0 aliphatic rings. The summed E-state index contributed by atoms with van der Waals surface area (Å²) < 4.78 is 5.63. The van der Waals surface area contributed by atoms with E-state index in [1.807, 2.05) is 0 Å². The molecule has 0 amide bonds. The second kappa shape index (κ2) is 6.50. The van der Waals surface area contributed by atoms with Crippen molar-refractivity contribution < 1.29 is 14.6 Å². The van der Waals surface area contributed by atoms with E-state index in [9.17, 15) is 4.79 Å². The van der Waals surface area contributed by atoms with Crippen LogP contribution in [0.2, 0.25) is 5.02 Å². The minimum Gasteiger partial charge on any atom is -0.493 e. The molecular weight excluding hydrogens is 240 g/mol. The van der Waals surface area contributed by atoms with Gasteiger partial charge in [0, 0.05) is 11.4 Å². The summed E-state index contributed by atoms with van der Waals surface area (Å²) in [5.74, 6) is 0.335. The van der Waals surface area contributed by atoms with E-state index < -0.39 is 5.97 Å². The van der Waals surface area contributed by atoms with Crippen molar-refractivity contribution in [1.82, 2.24) is 0 Å². The highest BCUT2D eigenvalue weighted by atomic mass is 35.5. The van der Waals surface area contributed by atoms with E-state index in [0.717, 1.165) is 11.3 Å². The second-order valence-corrected chi connectivity index (χ2v) is 4.79. The molecule has 3 nitrogen and oxygen atoms in total. The van der Waals surface area contributed by atoms with Crippen LogP contribution in [0.25, 0.3) is 0 Å². The van der Waals surface area contributed by atoms with E-state index in [1.54, 1.807) is 18.2 Å². The summed E-state index contributed by atoms with van der Waals surface area (Å²) >= 11 is 5.89. The maximum absolute atomic E-state index is 10.6. The number of hydrogen-bond donors (Lipinski definition) is 1. The van der Waals surface area contributed by atoms with Gasteiger partial charge in [0.05, 0.1) is 6.61 Å². The van der Waals surface area contributed by atoms with Gasteiger partial charge in [-0.1, -0.05) is 25.4 Å². The van der Waals surface area contributed by atoms with Crippen LogP contribution in [0.1, 0.15) is 25.8 Å². The molecule has 0 spiro atoms. The Balaban J connectivity index is 2.76. The van der Waals surface area contributed by atoms with Crippen molar-refractivity contribution in [3.05, 3.63) is 28.8 Å². The van der Waals surface area contributed by atoms with Crippen molar-refractivity contribution in [2.24, 2.45) is 5.92 Å². The third kappa shape index (κ3) is 5.09. The molecule has 0 aliphatic heterocycles. The number of hydrogen-bond acceptors (Lipinski definition) is 2. The highest BCUT2D eigenvalue weighted by Gasteiger charge is 2.08. The highest BCUT2D eigenvalue weighted by molar-refractivity contribution is 6.30. The minimum atomic E-state index is -0.820. The first-order chi connectivity index (χ1) is 7.99. The van der Waals surface area contributed by atoms with Gasteiger partial charge in [0.25, 0.3) is 0 Å². The lowest BCUT2D eigenvalue weighted by molar-refractivity contribution is -0.136. The maximum Gasteiger partial charge on any atom is 0.303 e. The van der Waals surface area contributed by atoms with E-state index in [0.29, 0.717) is 24.0 Å². The molecule has 1 rings (SSSR count). The Morgan fingerprint density at radius 2 is 2.18 bits per heavy atom. The summed E-state index contributed by atoms with van der Waals surface area (Å²) in [6.45, 7) is 4.74. The Bertz CT molecular complexity index is 388. The summed E-state index contributed by atoms with van der Waals surface area (Å²) in [5.41, 5.74) is 0.848. The van der Waals surface area contributed by atoms with Crippen molar-refractivity contribution in [3.63, 3.8) is 0 Å². The predicted octanol–water partition coefficient (Wildman–Crippen LogP) is 3.39. The Hall–Kier alpha value is -1.22. The van der Waals surface area contributed by atoms with Gasteiger partial charge in [-0.3, -0.25) is 4.79 Å². The zero-order valence-electron chi connectivity index (χ0n) is 10.1. The monoisotopic (exact) mass is 256 g/mol. The van der Waals surface area contributed by atoms with Crippen LogP contribution in [-0.2, 0) is 11.2 Å². The third-order valence-electron chi connectivity index (χ3n) is 2.20.